The highest BCUT2D eigenvalue weighted by atomic mass is 32.2. The lowest BCUT2D eigenvalue weighted by molar-refractivity contribution is 0.427. The minimum absolute atomic E-state index is 0.292. The van der Waals surface area contributed by atoms with E-state index in [4.69, 9.17) is 5.73 Å². The Bertz CT molecular complexity index is 561. The molecule has 5 heteroatoms. The van der Waals surface area contributed by atoms with Crippen LogP contribution in [0.2, 0.25) is 0 Å². The standard InChI is InChI=1S/C14H22N2O2S/c1-11-9-13(6-5-12(11)10-15)19(17,18)16-14(2)7-3-4-8-14/h5-6,9,16H,3-4,7-8,10,15H2,1-2H3. The molecule has 0 bridgehead atoms. The van der Waals surface area contributed by atoms with Gasteiger partial charge in [0.2, 0.25) is 10.0 Å². The predicted octanol–water partition coefficient (Wildman–Crippen LogP) is 2.06. The molecule has 106 valence electrons. The van der Waals surface area contributed by atoms with Crippen molar-refractivity contribution in [3.8, 4) is 0 Å². The maximum Gasteiger partial charge on any atom is 0.241 e. The van der Waals surface area contributed by atoms with Crippen LogP contribution in [0.25, 0.3) is 0 Å². The van der Waals surface area contributed by atoms with Crippen LogP contribution in [0.1, 0.15) is 43.7 Å². The highest BCUT2D eigenvalue weighted by molar-refractivity contribution is 7.89. The van der Waals surface area contributed by atoms with Gasteiger partial charge in [0.25, 0.3) is 0 Å². The van der Waals surface area contributed by atoms with Crippen molar-refractivity contribution in [1.82, 2.24) is 4.72 Å². The summed E-state index contributed by atoms with van der Waals surface area (Å²) < 4.78 is 27.7. The third-order valence-electron chi connectivity index (χ3n) is 3.93. The van der Waals surface area contributed by atoms with Crippen LogP contribution in [0.4, 0.5) is 0 Å². The quantitative estimate of drug-likeness (QED) is 0.888. The Kier molecular flexibility index (Phi) is 3.99. The van der Waals surface area contributed by atoms with Crippen molar-refractivity contribution < 1.29 is 8.42 Å². The molecule has 2 rings (SSSR count). The van der Waals surface area contributed by atoms with Crippen molar-refractivity contribution in [2.75, 3.05) is 0 Å². The van der Waals surface area contributed by atoms with Crippen molar-refractivity contribution >= 4 is 10.0 Å². The van der Waals surface area contributed by atoms with Gasteiger partial charge < -0.3 is 5.73 Å². The Morgan fingerprint density at radius 1 is 1.32 bits per heavy atom. The number of nitrogens with two attached hydrogens (primary N) is 1. The Hall–Kier alpha value is -0.910. The van der Waals surface area contributed by atoms with Gasteiger partial charge in [-0.15, -0.1) is 0 Å². The van der Waals surface area contributed by atoms with Crippen LogP contribution in [-0.2, 0) is 16.6 Å². The first-order valence-electron chi connectivity index (χ1n) is 6.70. The van der Waals surface area contributed by atoms with E-state index in [1.165, 1.54) is 0 Å². The molecule has 0 amide bonds. The summed E-state index contributed by atoms with van der Waals surface area (Å²) in [5.41, 5.74) is 7.20. The number of nitrogens with one attached hydrogen (secondary N) is 1. The topological polar surface area (TPSA) is 72.2 Å². The van der Waals surface area contributed by atoms with Gasteiger partial charge >= 0.3 is 0 Å². The van der Waals surface area contributed by atoms with Crippen LogP contribution in [-0.4, -0.2) is 14.0 Å². The summed E-state index contributed by atoms with van der Waals surface area (Å²) >= 11 is 0. The number of aryl methyl sites for hydroxylation is 1. The minimum atomic E-state index is -3.44. The van der Waals surface area contributed by atoms with Gasteiger partial charge in [-0.1, -0.05) is 18.9 Å². The molecule has 1 saturated carbocycles. The molecule has 0 heterocycles. The Morgan fingerprint density at radius 3 is 2.47 bits per heavy atom. The fourth-order valence-corrected chi connectivity index (χ4v) is 4.26. The van der Waals surface area contributed by atoms with Gasteiger partial charge in [0.05, 0.1) is 4.90 Å². The van der Waals surface area contributed by atoms with Gasteiger partial charge in [0.1, 0.15) is 0 Å². The van der Waals surface area contributed by atoms with Gasteiger partial charge in [-0.05, 0) is 49.9 Å². The molecule has 1 fully saturated rings. The molecule has 0 radical (unpaired) electrons. The molecule has 3 N–H and O–H groups in total. The molecule has 0 saturated heterocycles. The third kappa shape index (κ3) is 3.16. The summed E-state index contributed by atoms with van der Waals surface area (Å²) in [4.78, 5) is 0.329. The minimum Gasteiger partial charge on any atom is -0.326 e. The first kappa shape index (κ1) is 14.5. The number of benzene rings is 1. The van der Waals surface area contributed by atoms with Gasteiger partial charge in [0, 0.05) is 12.1 Å². The molecule has 0 aromatic heterocycles. The summed E-state index contributed by atoms with van der Waals surface area (Å²) in [5.74, 6) is 0. The van der Waals surface area contributed by atoms with Gasteiger partial charge in [-0.25, -0.2) is 13.1 Å². The van der Waals surface area contributed by atoms with E-state index in [-0.39, 0.29) is 5.54 Å². The molecule has 19 heavy (non-hydrogen) atoms. The van der Waals surface area contributed by atoms with Crippen LogP contribution in [0.3, 0.4) is 0 Å². The highest BCUT2D eigenvalue weighted by Gasteiger charge is 2.33. The van der Waals surface area contributed by atoms with E-state index >= 15 is 0 Å². The zero-order chi connectivity index (χ0) is 14.1. The second kappa shape index (κ2) is 5.23. The summed E-state index contributed by atoms with van der Waals surface area (Å²) in [6, 6.07) is 5.12. The molecule has 1 aliphatic carbocycles. The van der Waals surface area contributed by atoms with E-state index in [0.717, 1.165) is 36.8 Å². The zero-order valence-corrected chi connectivity index (χ0v) is 12.4. The maximum atomic E-state index is 12.4. The molecule has 0 spiro atoms. The second-order valence-corrected chi connectivity index (χ2v) is 7.35. The first-order valence-corrected chi connectivity index (χ1v) is 8.18. The molecule has 0 aliphatic heterocycles. The van der Waals surface area contributed by atoms with E-state index in [9.17, 15) is 8.42 Å². The predicted molar refractivity (Wildman–Crippen MR) is 76.3 cm³/mol. The molecule has 4 nitrogen and oxygen atoms in total. The molecule has 1 aromatic carbocycles. The Balaban J connectivity index is 2.27. The summed E-state index contributed by atoms with van der Waals surface area (Å²) in [6.07, 6.45) is 3.99. The van der Waals surface area contributed by atoms with Crippen molar-refractivity contribution in [2.45, 2.75) is 56.5 Å². The molecule has 1 aliphatic rings. The lowest BCUT2D eigenvalue weighted by atomic mass is 10.0. The largest absolute Gasteiger partial charge is 0.326 e. The normalized spacial score (nSPS) is 18.7. The van der Waals surface area contributed by atoms with E-state index in [1.54, 1.807) is 18.2 Å². The summed E-state index contributed by atoms with van der Waals surface area (Å²) in [7, 11) is -3.44. The van der Waals surface area contributed by atoms with Crippen molar-refractivity contribution in [1.29, 1.82) is 0 Å². The van der Waals surface area contributed by atoms with Gasteiger partial charge in [0.15, 0.2) is 0 Å². The summed E-state index contributed by atoms with van der Waals surface area (Å²) in [6.45, 7) is 4.30. The van der Waals surface area contributed by atoms with Crippen LogP contribution in [0.5, 0.6) is 0 Å². The highest BCUT2D eigenvalue weighted by Crippen LogP contribution is 2.30. The SMILES string of the molecule is Cc1cc(S(=O)(=O)NC2(C)CCCC2)ccc1CN. The van der Waals surface area contributed by atoms with Gasteiger partial charge in [-0.3, -0.25) is 0 Å². The molecular weight excluding hydrogens is 260 g/mol. The zero-order valence-electron chi connectivity index (χ0n) is 11.6. The molecule has 0 unspecified atom stereocenters. The van der Waals surface area contributed by atoms with E-state index in [0.29, 0.717) is 11.4 Å². The second-order valence-electron chi connectivity index (χ2n) is 5.67. The summed E-state index contributed by atoms with van der Waals surface area (Å²) in [5, 5.41) is 0. The van der Waals surface area contributed by atoms with Crippen LogP contribution in [0.15, 0.2) is 23.1 Å². The average molecular weight is 282 g/mol. The van der Waals surface area contributed by atoms with Gasteiger partial charge in [-0.2, -0.15) is 0 Å². The average Bonchev–Trinajstić information content (AvgIpc) is 2.74. The molecular formula is C14H22N2O2S. The maximum absolute atomic E-state index is 12.4. The van der Waals surface area contributed by atoms with E-state index in [1.807, 2.05) is 13.8 Å². The number of hydrogen-bond acceptors (Lipinski definition) is 3. The molecule has 0 atom stereocenters. The lowest BCUT2D eigenvalue weighted by Gasteiger charge is -2.25. The fraction of sp³-hybridized carbons (Fsp3) is 0.571. The van der Waals surface area contributed by atoms with Crippen molar-refractivity contribution in [3.05, 3.63) is 29.3 Å². The van der Waals surface area contributed by atoms with Crippen LogP contribution >= 0.6 is 0 Å². The third-order valence-corrected chi connectivity index (χ3v) is 5.57. The van der Waals surface area contributed by atoms with Crippen LogP contribution in [0, 0.1) is 6.92 Å². The van der Waals surface area contributed by atoms with Crippen LogP contribution < -0.4 is 10.5 Å². The van der Waals surface area contributed by atoms with E-state index in [2.05, 4.69) is 4.72 Å². The monoisotopic (exact) mass is 282 g/mol. The fourth-order valence-electron chi connectivity index (χ4n) is 2.71. The lowest BCUT2D eigenvalue weighted by Crippen LogP contribution is -2.43. The number of hydrogen-bond donors (Lipinski definition) is 2. The molecule has 1 aromatic rings. The van der Waals surface area contributed by atoms with E-state index < -0.39 is 10.0 Å². The van der Waals surface area contributed by atoms with Crippen molar-refractivity contribution in [3.63, 3.8) is 0 Å². The number of rotatable bonds is 4. The Morgan fingerprint density at radius 2 is 1.95 bits per heavy atom. The Labute approximate surface area is 115 Å². The smallest absolute Gasteiger partial charge is 0.241 e. The number of sulfonamides is 1. The first-order chi connectivity index (χ1) is 8.86. The van der Waals surface area contributed by atoms with Crippen molar-refractivity contribution in [2.24, 2.45) is 5.73 Å².